The average Bonchev–Trinajstić information content (AvgIpc) is 2.68. The van der Waals surface area contributed by atoms with Crippen LogP contribution in [-0.4, -0.2) is 0 Å². The molecular weight excluding hydrogens is 324 g/mol. The van der Waals surface area contributed by atoms with Crippen LogP contribution in [0.15, 0.2) is 72.8 Å². The Morgan fingerprint density at radius 3 is 2.19 bits per heavy atom. The summed E-state index contributed by atoms with van der Waals surface area (Å²) in [6.07, 6.45) is 3.48. The number of hydrogen-bond donors (Lipinski definition) is 0. The van der Waals surface area contributed by atoms with Gasteiger partial charge >= 0.3 is 0 Å². The van der Waals surface area contributed by atoms with Gasteiger partial charge in [-0.15, -0.1) is 10.5 Å². The Kier molecular flexibility index (Phi) is 3.86. The van der Waals surface area contributed by atoms with Crippen molar-refractivity contribution in [1.82, 2.24) is 0 Å². The summed E-state index contributed by atoms with van der Waals surface area (Å²) in [6.45, 7) is 0. The molecule has 0 heterocycles. The molecule has 0 radical (unpaired) electrons. The fraction of sp³-hybridized carbons (Fsp3) is 0. The van der Waals surface area contributed by atoms with Gasteiger partial charge in [-0.05, 0) is 45.5 Å². The Morgan fingerprint density at radius 1 is 0.654 bits per heavy atom. The van der Waals surface area contributed by atoms with Crippen molar-refractivity contribution in [1.29, 1.82) is 10.5 Å². The molecule has 0 spiro atoms. The van der Waals surface area contributed by atoms with Gasteiger partial charge in [0.15, 0.2) is 5.75 Å². The zero-order valence-corrected chi connectivity index (χ0v) is 13.6. The van der Waals surface area contributed by atoms with Gasteiger partial charge in [0, 0.05) is 5.39 Å². The third-order valence-corrected chi connectivity index (χ3v) is 4.31. The maximum absolute atomic E-state index is 9.00. The van der Waals surface area contributed by atoms with Gasteiger partial charge < -0.3 is 9.47 Å². The van der Waals surface area contributed by atoms with E-state index in [0.29, 0.717) is 11.5 Å². The van der Waals surface area contributed by atoms with Crippen molar-refractivity contribution < 1.29 is 9.47 Å². The summed E-state index contributed by atoms with van der Waals surface area (Å²) in [4.78, 5) is 0. The van der Waals surface area contributed by atoms with Crippen LogP contribution in [0.25, 0.3) is 32.7 Å². The molecule has 0 bridgehead atoms. The first-order valence-corrected chi connectivity index (χ1v) is 7.98. The number of benzene rings is 4. The van der Waals surface area contributed by atoms with Gasteiger partial charge in [-0.3, -0.25) is 0 Å². The van der Waals surface area contributed by atoms with Crippen LogP contribution in [0.3, 0.4) is 0 Å². The monoisotopic (exact) mass is 336 g/mol. The van der Waals surface area contributed by atoms with Crippen molar-refractivity contribution in [3.63, 3.8) is 0 Å². The number of nitrogens with zero attached hydrogens (tertiary/aromatic N) is 2. The molecule has 0 unspecified atom stereocenters. The summed E-state index contributed by atoms with van der Waals surface area (Å²) >= 11 is 0. The van der Waals surface area contributed by atoms with Crippen molar-refractivity contribution in [2.45, 2.75) is 0 Å². The Labute approximate surface area is 150 Å². The van der Waals surface area contributed by atoms with E-state index in [1.54, 1.807) is 18.6 Å². The number of rotatable bonds is 3. The highest BCUT2D eigenvalue weighted by molar-refractivity contribution is 6.08. The SMILES string of the molecule is N#COc1cc(-c2cccc3cccc(OC#N)c23)c2ccccc2c1. The molecule has 0 aromatic heterocycles. The normalized spacial score (nSPS) is 10.2. The Bertz CT molecular complexity index is 1210. The second-order valence-corrected chi connectivity index (χ2v) is 5.74. The maximum atomic E-state index is 9.00. The minimum absolute atomic E-state index is 0.469. The Balaban J connectivity index is 2.11. The predicted molar refractivity (Wildman–Crippen MR) is 99.4 cm³/mol. The van der Waals surface area contributed by atoms with Gasteiger partial charge in [0.2, 0.25) is 0 Å². The van der Waals surface area contributed by atoms with Gasteiger partial charge in [-0.25, -0.2) is 0 Å². The molecule has 0 saturated carbocycles. The van der Waals surface area contributed by atoms with Gasteiger partial charge in [0.25, 0.3) is 12.5 Å². The van der Waals surface area contributed by atoms with E-state index in [1.165, 1.54) is 0 Å². The molecule has 4 aromatic rings. The molecule has 4 rings (SSSR count). The van der Waals surface area contributed by atoms with E-state index < -0.39 is 0 Å². The summed E-state index contributed by atoms with van der Waals surface area (Å²) in [7, 11) is 0. The first-order chi connectivity index (χ1) is 12.8. The third kappa shape index (κ3) is 2.56. The molecule has 0 aliphatic carbocycles. The first-order valence-electron chi connectivity index (χ1n) is 7.98. The number of nitriles is 2. The topological polar surface area (TPSA) is 66.0 Å². The van der Waals surface area contributed by atoms with Crippen LogP contribution in [0.4, 0.5) is 0 Å². The second-order valence-electron chi connectivity index (χ2n) is 5.74. The fourth-order valence-corrected chi connectivity index (χ4v) is 3.28. The maximum Gasteiger partial charge on any atom is 0.292 e. The van der Waals surface area contributed by atoms with E-state index in [4.69, 9.17) is 20.0 Å². The molecule has 0 atom stereocenters. The Morgan fingerprint density at radius 2 is 1.38 bits per heavy atom. The van der Waals surface area contributed by atoms with Crippen LogP contribution in [0.5, 0.6) is 11.5 Å². The summed E-state index contributed by atoms with van der Waals surface area (Å²) in [5.41, 5.74) is 1.82. The van der Waals surface area contributed by atoms with Crippen molar-refractivity contribution in [2.24, 2.45) is 0 Å². The van der Waals surface area contributed by atoms with E-state index in [1.807, 2.05) is 66.7 Å². The van der Waals surface area contributed by atoms with Crippen molar-refractivity contribution in [3.8, 4) is 35.1 Å². The van der Waals surface area contributed by atoms with E-state index in [-0.39, 0.29) is 0 Å². The molecule has 122 valence electrons. The highest BCUT2D eigenvalue weighted by Crippen LogP contribution is 2.40. The van der Waals surface area contributed by atoms with Crippen LogP contribution in [0.1, 0.15) is 0 Å². The fourth-order valence-electron chi connectivity index (χ4n) is 3.28. The van der Waals surface area contributed by atoms with Crippen LogP contribution in [0.2, 0.25) is 0 Å². The molecule has 0 fully saturated rings. The van der Waals surface area contributed by atoms with Gasteiger partial charge in [-0.1, -0.05) is 54.6 Å². The number of ether oxygens (including phenoxy) is 2. The number of fused-ring (bicyclic) bond motifs is 2. The predicted octanol–water partition coefficient (Wildman–Crippen LogP) is 5.38. The van der Waals surface area contributed by atoms with Crippen LogP contribution in [0, 0.1) is 23.0 Å². The molecular formula is C22H12N2O2. The minimum atomic E-state index is 0.469. The summed E-state index contributed by atoms with van der Waals surface area (Å²) in [5, 5.41) is 21.7. The molecule has 0 aliphatic heterocycles. The lowest BCUT2D eigenvalue weighted by molar-refractivity contribution is 0.508. The summed E-state index contributed by atoms with van der Waals surface area (Å²) in [6, 6.07) is 23.1. The van der Waals surface area contributed by atoms with Gasteiger partial charge in [0.05, 0.1) is 0 Å². The van der Waals surface area contributed by atoms with E-state index >= 15 is 0 Å². The van der Waals surface area contributed by atoms with Crippen LogP contribution in [-0.2, 0) is 0 Å². The zero-order valence-electron chi connectivity index (χ0n) is 13.6. The third-order valence-electron chi connectivity index (χ3n) is 4.31. The standard InChI is InChI=1S/C22H12N2O2/c23-13-25-17-11-16-5-1-2-8-18(16)20(12-17)19-9-3-6-15-7-4-10-21(22(15)19)26-14-24/h1-12H. The largest absolute Gasteiger partial charge is 0.388 e. The van der Waals surface area contributed by atoms with Crippen LogP contribution < -0.4 is 9.47 Å². The highest BCUT2D eigenvalue weighted by atomic mass is 16.5. The molecule has 4 aromatic carbocycles. The van der Waals surface area contributed by atoms with E-state index in [2.05, 4.69) is 0 Å². The van der Waals surface area contributed by atoms with Gasteiger partial charge in [-0.2, -0.15) is 0 Å². The highest BCUT2D eigenvalue weighted by Gasteiger charge is 2.13. The van der Waals surface area contributed by atoms with Gasteiger partial charge in [0.1, 0.15) is 5.75 Å². The number of hydrogen-bond acceptors (Lipinski definition) is 4. The van der Waals surface area contributed by atoms with Crippen molar-refractivity contribution >= 4 is 21.5 Å². The molecule has 0 N–H and O–H groups in total. The van der Waals surface area contributed by atoms with E-state index in [0.717, 1.165) is 32.7 Å². The lowest BCUT2D eigenvalue weighted by Gasteiger charge is -2.13. The molecule has 4 nitrogen and oxygen atoms in total. The lowest BCUT2D eigenvalue weighted by Crippen LogP contribution is -1.90. The second kappa shape index (κ2) is 6.47. The minimum Gasteiger partial charge on any atom is -0.388 e. The van der Waals surface area contributed by atoms with E-state index in [9.17, 15) is 0 Å². The quantitative estimate of drug-likeness (QED) is 0.471. The molecule has 4 heteroatoms. The summed E-state index contributed by atoms with van der Waals surface area (Å²) < 4.78 is 10.3. The smallest absolute Gasteiger partial charge is 0.292 e. The average molecular weight is 336 g/mol. The lowest BCUT2D eigenvalue weighted by atomic mass is 9.93. The zero-order chi connectivity index (χ0) is 17.9. The first kappa shape index (κ1) is 15.5. The molecule has 26 heavy (non-hydrogen) atoms. The molecule has 0 aliphatic rings. The summed E-state index contributed by atoms with van der Waals surface area (Å²) in [5.74, 6) is 0.966. The van der Waals surface area contributed by atoms with Crippen molar-refractivity contribution in [3.05, 3.63) is 72.8 Å². The molecule has 0 saturated heterocycles. The van der Waals surface area contributed by atoms with Crippen molar-refractivity contribution in [2.75, 3.05) is 0 Å². The molecule has 0 amide bonds. The Hall–Kier alpha value is -4.02. The van der Waals surface area contributed by atoms with Crippen LogP contribution >= 0.6 is 0 Å².